The summed E-state index contributed by atoms with van der Waals surface area (Å²) in [6.45, 7) is 11.9. The highest BCUT2D eigenvalue weighted by Gasteiger charge is 2.56. The van der Waals surface area contributed by atoms with Crippen LogP contribution >= 0.6 is 0 Å². The van der Waals surface area contributed by atoms with Crippen molar-refractivity contribution in [2.75, 3.05) is 0 Å². The zero-order valence-corrected chi connectivity index (χ0v) is 15.7. The van der Waals surface area contributed by atoms with E-state index in [1.54, 1.807) is 0 Å². The van der Waals surface area contributed by atoms with Crippen LogP contribution in [0, 0.1) is 18.4 Å². The van der Waals surface area contributed by atoms with E-state index in [0.29, 0.717) is 12.3 Å². The van der Waals surface area contributed by atoms with Crippen molar-refractivity contribution < 1.29 is 4.79 Å². The van der Waals surface area contributed by atoms with E-state index in [0.717, 1.165) is 25.0 Å². The fourth-order valence-corrected chi connectivity index (χ4v) is 5.45. The second-order valence-corrected chi connectivity index (χ2v) is 7.99. The van der Waals surface area contributed by atoms with Crippen LogP contribution in [0.25, 0.3) is 16.1 Å². The Hall–Kier alpha value is -2.41. The smallest absolute Gasteiger partial charge is 0.282 e. The van der Waals surface area contributed by atoms with Crippen LogP contribution in [0.2, 0.25) is 0 Å². The Balaban J connectivity index is 1.87. The minimum atomic E-state index is -0.519. The largest absolute Gasteiger partial charge is 0.305 e. The van der Waals surface area contributed by atoms with Gasteiger partial charge in [-0.3, -0.25) is 9.48 Å². The van der Waals surface area contributed by atoms with E-state index >= 15 is 0 Å². The van der Waals surface area contributed by atoms with Gasteiger partial charge in [0.15, 0.2) is 0 Å². The first-order valence-corrected chi connectivity index (χ1v) is 9.53. The van der Waals surface area contributed by atoms with Gasteiger partial charge in [-0.05, 0) is 25.2 Å². The molecule has 1 unspecified atom stereocenters. The maximum atomic E-state index is 12.8. The van der Waals surface area contributed by atoms with Gasteiger partial charge < -0.3 is 4.85 Å². The summed E-state index contributed by atoms with van der Waals surface area (Å²) in [6.07, 6.45) is 3.39. The fourth-order valence-electron chi connectivity index (χ4n) is 5.45. The molecule has 134 valence electrons. The minimum absolute atomic E-state index is 0.0109. The summed E-state index contributed by atoms with van der Waals surface area (Å²) >= 11 is 0. The van der Waals surface area contributed by atoms with Crippen molar-refractivity contribution in [3.05, 3.63) is 53.0 Å². The van der Waals surface area contributed by atoms with Gasteiger partial charge in [-0.2, -0.15) is 5.10 Å². The van der Waals surface area contributed by atoms with Crippen molar-refractivity contribution in [1.29, 1.82) is 0 Å². The van der Waals surface area contributed by atoms with Gasteiger partial charge in [0, 0.05) is 35.9 Å². The van der Waals surface area contributed by atoms with Gasteiger partial charge >= 0.3 is 0 Å². The summed E-state index contributed by atoms with van der Waals surface area (Å²) in [5.74, 6) is 0.444. The van der Waals surface area contributed by atoms with Gasteiger partial charge in [-0.15, -0.1) is 0 Å². The second-order valence-electron chi connectivity index (χ2n) is 7.99. The molecule has 1 aromatic carbocycles. The van der Waals surface area contributed by atoms with Gasteiger partial charge in [0.2, 0.25) is 5.78 Å². The van der Waals surface area contributed by atoms with Crippen LogP contribution in [-0.2, 0) is 23.7 Å². The molecular formula is C22H25N3O. The summed E-state index contributed by atoms with van der Waals surface area (Å²) in [5, 5.41) is 4.95. The molecule has 4 nitrogen and oxygen atoms in total. The summed E-state index contributed by atoms with van der Waals surface area (Å²) in [6, 6.07) is 9.89. The Morgan fingerprint density at radius 2 is 2.08 bits per heavy atom. The highest BCUT2D eigenvalue weighted by molar-refractivity contribution is 5.89. The van der Waals surface area contributed by atoms with E-state index < -0.39 is 6.04 Å². The van der Waals surface area contributed by atoms with Crippen LogP contribution in [0.3, 0.4) is 0 Å². The Morgan fingerprint density at radius 3 is 2.73 bits per heavy atom. The maximum Gasteiger partial charge on any atom is 0.282 e. The number of carbonyl (C=O) groups excluding carboxylic acids is 1. The normalized spacial score (nSPS) is 30.4. The summed E-state index contributed by atoms with van der Waals surface area (Å²) in [5.41, 5.74) is 4.61. The molecule has 0 bridgehead atoms. The molecule has 1 saturated carbocycles. The summed E-state index contributed by atoms with van der Waals surface area (Å²) in [7, 11) is 2.01. The predicted octanol–water partition coefficient (Wildman–Crippen LogP) is 4.19. The number of hydrogen-bond donors (Lipinski definition) is 0. The van der Waals surface area contributed by atoms with Crippen LogP contribution in [0.15, 0.2) is 30.3 Å². The Labute approximate surface area is 155 Å². The molecule has 2 aromatic rings. The molecule has 1 aromatic heterocycles. The van der Waals surface area contributed by atoms with E-state index in [2.05, 4.69) is 43.0 Å². The predicted molar refractivity (Wildman–Crippen MR) is 102 cm³/mol. The highest BCUT2D eigenvalue weighted by atomic mass is 16.1. The number of benzene rings is 1. The lowest BCUT2D eigenvalue weighted by atomic mass is 9.54. The first-order chi connectivity index (χ1) is 12.5. The van der Waals surface area contributed by atoms with E-state index in [-0.39, 0.29) is 17.1 Å². The molecule has 0 aliphatic heterocycles. The van der Waals surface area contributed by atoms with E-state index in [4.69, 9.17) is 11.7 Å². The number of Topliss-reactive ketones (excluding diaryl/α,β-unsaturated/α-hetero) is 1. The van der Waals surface area contributed by atoms with Gasteiger partial charge in [-0.25, -0.2) is 6.57 Å². The van der Waals surface area contributed by atoms with Crippen LogP contribution in [0.4, 0.5) is 0 Å². The van der Waals surface area contributed by atoms with Crippen LogP contribution in [0.1, 0.15) is 44.4 Å². The van der Waals surface area contributed by atoms with Gasteiger partial charge in [0.05, 0.1) is 11.4 Å². The standard InChI is InChI=1S/C22H25N3O/c1-5-15-17-12-11-16-19(14-9-7-6-8-10-14)25(4)24-21(16)22(17,2)13-18(23-3)20(15)26/h6-10,15,17-18H,5,11-13H2,1-2,4H3/t15-,17-,18?,22-/m0/s1. The van der Waals surface area contributed by atoms with Crippen LogP contribution in [-0.4, -0.2) is 21.6 Å². The number of hydrogen-bond acceptors (Lipinski definition) is 2. The van der Waals surface area contributed by atoms with Crippen molar-refractivity contribution in [2.24, 2.45) is 18.9 Å². The molecule has 2 aliphatic rings. The topological polar surface area (TPSA) is 39.2 Å². The number of rotatable bonds is 2. The van der Waals surface area contributed by atoms with Gasteiger partial charge in [0.1, 0.15) is 0 Å². The Morgan fingerprint density at radius 1 is 1.35 bits per heavy atom. The Kier molecular flexibility index (Phi) is 3.99. The molecule has 0 radical (unpaired) electrons. The first-order valence-electron chi connectivity index (χ1n) is 9.53. The molecular weight excluding hydrogens is 322 g/mol. The van der Waals surface area contributed by atoms with Gasteiger partial charge in [-0.1, -0.05) is 44.2 Å². The van der Waals surface area contributed by atoms with Crippen molar-refractivity contribution in [3.8, 4) is 11.3 Å². The Bertz CT molecular complexity index is 892. The summed E-state index contributed by atoms with van der Waals surface area (Å²) < 4.78 is 2.00. The molecule has 1 fully saturated rings. The second kappa shape index (κ2) is 6.09. The number of ketones is 1. The molecule has 0 N–H and O–H groups in total. The zero-order valence-electron chi connectivity index (χ0n) is 15.7. The average molecular weight is 347 g/mol. The van der Waals surface area contributed by atoms with Crippen molar-refractivity contribution in [1.82, 2.24) is 9.78 Å². The van der Waals surface area contributed by atoms with Crippen LogP contribution in [0.5, 0.6) is 0 Å². The molecule has 1 heterocycles. The molecule has 0 saturated heterocycles. The molecule has 0 amide bonds. The summed E-state index contributed by atoms with van der Waals surface area (Å²) in [4.78, 5) is 16.4. The fraction of sp³-hybridized carbons (Fsp3) is 0.500. The van der Waals surface area contributed by atoms with E-state index in [1.165, 1.54) is 16.8 Å². The van der Waals surface area contributed by atoms with E-state index in [9.17, 15) is 4.79 Å². The quantitative estimate of drug-likeness (QED) is 0.764. The number of carbonyl (C=O) groups is 1. The van der Waals surface area contributed by atoms with Crippen LogP contribution < -0.4 is 0 Å². The lowest BCUT2D eigenvalue weighted by molar-refractivity contribution is -0.130. The third-order valence-corrected chi connectivity index (χ3v) is 6.65. The molecule has 2 aliphatic carbocycles. The number of fused-ring (bicyclic) bond motifs is 3. The molecule has 0 spiro atoms. The maximum absolute atomic E-state index is 12.8. The average Bonchev–Trinajstić information content (AvgIpc) is 3.00. The minimum Gasteiger partial charge on any atom is -0.305 e. The van der Waals surface area contributed by atoms with Crippen molar-refractivity contribution >= 4 is 5.78 Å². The lowest BCUT2D eigenvalue weighted by Crippen LogP contribution is -2.52. The number of aromatic nitrogens is 2. The monoisotopic (exact) mass is 347 g/mol. The third kappa shape index (κ3) is 2.26. The van der Waals surface area contributed by atoms with Crippen molar-refractivity contribution in [2.45, 2.75) is 51.0 Å². The molecule has 4 atom stereocenters. The highest BCUT2D eigenvalue weighted by Crippen LogP contribution is 2.53. The zero-order chi connectivity index (χ0) is 18.5. The third-order valence-electron chi connectivity index (χ3n) is 6.65. The number of aryl methyl sites for hydroxylation is 1. The first kappa shape index (κ1) is 17.0. The SMILES string of the molecule is [C-]#[N+]C1C[C@]2(C)c3nn(C)c(-c4ccccc4)c3CC[C@H]2[C@H](CC)C1=O. The van der Waals surface area contributed by atoms with Gasteiger partial charge in [0.25, 0.3) is 6.04 Å². The molecule has 26 heavy (non-hydrogen) atoms. The lowest BCUT2D eigenvalue weighted by Gasteiger charge is -2.47. The van der Waals surface area contributed by atoms with Crippen molar-refractivity contribution in [3.63, 3.8) is 0 Å². The van der Waals surface area contributed by atoms with E-state index in [1.807, 2.05) is 17.8 Å². The number of nitrogens with zero attached hydrogens (tertiary/aromatic N) is 3. The molecule has 4 heteroatoms. The molecule has 4 rings (SSSR count).